The molecular formula is C20H34O. The molecule has 21 heavy (non-hydrogen) atoms. The number of hydrogen-bond donors (Lipinski definition) is 0. The Hall–Kier alpha value is -1.11. The third kappa shape index (κ3) is 18.9. The van der Waals surface area contributed by atoms with Crippen LogP contribution in [-0.4, -0.2) is 6.29 Å². The van der Waals surface area contributed by atoms with Gasteiger partial charge in [-0.3, -0.25) is 0 Å². The molecule has 0 radical (unpaired) electrons. The van der Waals surface area contributed by atoms with Crippen LogP contribution >= 0.6 is 0 Å². The van der Waals surface area contributed by atoms with Crippen LogP contribution < -0.4 is 0 Å². The lowest BCUT2D eigenvalue weighted by atomic mass is 10.1. The van der Waals surface area contributed by atoms with Crippen LogP contribution in [0.3, 0.4) is 0 Å². The summed E-state index contributed by atoms with van der Waals surface area (Å²) in [5.74, 6) is 0. The van der Waals surface area contributed by atoms with Gasteiger partial charge >= 0.3 is 0 Å². The van der Waals surface area contributed by atoms with Gasteiger partial charge in [0.1, 0.15) is 6.29 Å². The number of aldehydes is 1. The van der Waals surface area contributed by atoms with E-state index < -0.39 is 0 Å². The minimum absolute atomic E-state index is 0.684. The average Bonchev–Trinajstić information content (AvgIpc) is 2.50. The molecule has 0 saturated heterocycles. The van der Waals surface area contributed by atoms with E-state index in [0.29, 0.717) is 6.42 Å². The Bertz CT molecular complexity index is 286. The Morgan fingerprint density at radius 2 is 1.10 bits per heavy atom. The molecule has 120 valence electrons. The van der Waals surface area contributed by atoms with E-state index in [4.69, 9.17) is 0 Å². The molecule has 0 aliphatic rings. The molecule has 0 amide bonds. The fraction of sp³-hybridized carbons (Fsp3) is 0.650. The van der Waals surface area contributed by atoms with Gasteiger partial charge in [0, 0.05) is 6.42 Å². The van der Waals surface area contributed by atoms with E-state index in [1.54, 1.807) is 0 Å². The average molecular weight is 290 g/mol. The number of rotatable bonds is 15. The molecule has 0 saturated carbocycles. The van der Waals surface area contributed by atoms with Crippen molar-refractivity contribution in [2.45, 2.75) is 84.0 Å². The van der Waals surface area contributed by atoms with E-state index in [-0.39, 0.29) is 0 Å². The monoisotopic (exact) mass is 290 g/mol. The summed E-state index contributed by atoms with van der Waals surface area (Å²) in [4.78, 5) is 10.1. The number of carbonyl (C=O) groups excluding carboxylic acids is 1. The number of hydrogen-bond acceptors (Lipinski definition) is 1. The zero-order valence-electron chi connectivity index (χ0n) is 13.9. The minimum atomic E-state index is 0.684. The van der Waals surface area contributed by atoms with Crippen LogP contribution in [0.25, 0.3) is 0 Å². The summed E-state index contributed by atoms with van der Waals surface area (Å²) in [6.07, 6.45) is 28.6. The maximum absolute atomic E-state index is 10.1. The van der Waals surface area contributed by atoms with Crippen LogP contribution in [0.4, 0.5) is 0 Å². The molecule has 0 atom stereocenters. The molecule has 0 aromatic rings. The largest absolute Gasteiger partial charge is 0.303 e. The first-order valence-electron chi connectivity index (χ1n) is 8.80. The zero-order chi connectivity index (χ0) is 15.4. The van der Waals surface area contributed by atoms with Crippen molar-refractivity contribution in [2.24, 2.45) is 0 Å². The quantitative estimate of drug-likeness (QED) is 0.190. The van der Waals surface area contributed by atoms with Crippen LogP contribution in [0.2, 0.25) is 0 Å². The summed E-state index contributed by atoms with van der Waals surface area (Å²) in [7, 11) is 0. The fourth-order valence-corrected chi connectivity index (χ4v) is 2.14. The second-order valence-corrected chi connectivity index (χ2v) is 5.54. The normalized spacial score (nSPS) is 12.0. The standard InChI is InChI=1S/C20H34O/c1-2-3-4-5-6-7-8-9-10-11-12-13-14-15-16-17-18-19-20-21/h9-10,12-13,15-16,20H,2-8,11,14,17-19H2,1H3. The summed E-state index contributed by atoms with van der Waals surface area (Å²) in [6.45, 7) is 2.26. The molecule has 0 spiro atoms. The number of unbranched alkanes of at least 4 members (excludes halogenated alkanes) is 8. The lowest BCUT2D eigenvalue weighted by molar-refractivity contribution is -0.107. The first kappa shape index (κ1) is 19.9. The number of allylic oxidation sites excluding steroid dienone is 6. The van der Waals surface area contributed by atoms with E-state index >= 15 is 0 Å². The topological polar surface area (TPSA) is 17.1 Å². The summed E-state index contributed by atoms with van der Waals surface area (Å²) in [5.41, 5.74) is 0. The molecule has 0 fully saturated rings. The third-order valence-corrected chi connectivity index (χ3v) is 3.46. The van der Waals surface area contributed by atoms with Gasteiger partial charge in [0.15, 0.2) is 0 Å². The predicted molar refractivity (Wildman–Crippen MR) is 94.6 cm³/mol. The highest BCUT2D eigenvalue weighted by Gasteiger charge is 1.87. The second-order valence-electron chi connectivity index (χ2n) is 5.54. The highest BCUT2D eigenvalue weighted by atomic mass is 16.1. The lowest BCUT2D eigenvalue weighted by Crippen LogP contribution is -1.77. The smallest absolute Gasteiger partial charge is 0.120 e. The summed E-state index contributed by atoms with van der Waals surface area (Å²) in [5, 5.41) is 0. The predicted octanol–water partition coefficient (Wildman–Crippen LogP) is 6.56. The van der Waals surface area contributed by atoms with Crippen LogP contribution in [0.5, 0.6) is 0 Å². The molecule has 0 aliphatic carbocycles. The summed E-state index contributed by atoms with van der Waals surface area (Å²) >= 11 is 0. The Labute approximate surface area is 132 Å². The van der Waals surface area contributed by atoms with Gasteiger partial charge in [-0.2, -0.15) is 0 Å². The highest BCUT2D eigenvalue weighted by molar-refractivity contribution is 5.48. The molecule has 0 aromatic heterocycles. The van der Waals surface area contributed by atoms with Crippen molar-refractivity contribution in [3.8, 4) is 0 Å². The second kappa shape index (κ2) is 18.9. The zero-order valence-corrected chi connectivity index (χ0v) is 13.9. The van der Waals surface area contributed by atoms with Crippen LogP contribution in [0.1, 0.15) is 84.0 Å². The van der Waals surface area contributed by atoms with Gasteiger partial charge in [-0.1, -0.05) is 75.5 Å². The van der Waals surface area contributed by atoms with Crippen LogP contribution in [0, 0.1) is 0 Å². The van der Waals surface area contributed by atoms with Crippen molar-refractivity contribution < 1.29 is 4.79 Å². The van der Waals surface area contributed by atoms with Crippen molar-refractivity contribution in [3.63, 3.8) is 0 Å². The van der Waals surface area contributed by atoms with Gasteiger partial charge in [0.05, 0.1) is 0 Å². The molecule has 0 aromatic carbocycles. The molecule has 0 rings (SSSR count). The van der Waals surface area contributed by atoms with Crippen molar-refractivity contribution in [2.75, 3.05) is 0 Å². The van der Waals surface area contributed by atoms with Crippen molar-refractivity contribution in [3.05, 3.63) is 36.5 Å². The Kier molecular flexibility index (Phi) is 17.9. The van der Waals surface area contributed by atoms with Crippen LogP contribution in [0.15, 0.2) is 36.5 Å². The molecular weight excluding hydrogens is 256 g/mol. The van der Waals surface area contributed by atoms with Crippen molar-refractivity contribution >= 4 is 6.29 Å². The maximum Gasteiger partial charge on any atom is 0.120 e. The van der Waals surface area contributed by atoms with E-state index in [1.165, 1.54) is 44.9 Å². The summed E-state index contributed by atoms with van der Waals surface area (Å²) in [6, 6.07) is 0. The van der Waals surface area contributed by atoms with E-state index in [2.05, 4.69) is 43.4 Å². The molecule has 0 unspecified atom stereocenters. The maximum atomic E-state index is 10.1. The Morgan fingerprint density at radius 1 is 0.571 bits per heavy atom. The molecule has 1 heteroatoms. The Balaban J connectivity index is 3.26. The minimum Gasteiger partial charge on any atom is -0.303 e. The molecule has 0 aliphatic heterocycles. The molecule has 1 nitrogen and oxygen atoms in total. The fourth-order valence-electron chi connectivity index (χ4n) is 2.14. The molecule has 0 heterocycles. The van der Waals surface area contributed by atoms with Gasteiger partial charge in [-0.05, 0) is 38.5 Å². The first-order chi connectivity index (χ1) is 10.4. The van der Waals surface area contributed by atoms with Gasteiger partial charge in [-0.25, -0.2) is 0 Å². The van der Waals surface area contributed by atoms with Crippen molar-refractivity contribution in [1.82, 2.24) is 0 Å². The van der Waals surface area contributed by atoms with Crippen molar-refractivity contribution in [1.29, 1.82) is 0 Å². The van der Waals surface area contributed by atoms with Gasteiger partial charge < -0.3 is 4.79 Å². The number of carbonyl (C=O) groups is 1. The third-order valence-electron chi connectivity index (χ3n) is 3.46. The van der Waals surface area contributed by atoms with E-state index in [0.717, 1.165) is 32.0 Å². The summed E-state index contributed by atoms with van der Waals surface area (Å²) < 4.78 is 0. The highest BCUT2D eigenvalue weighted by Crippen LogP contribution is 2.07. The van der Waals surface area contributed by atoms with E-state index in [9.17, 15) is 4.79 Å². The SMILES string of the molecule is CCCCCCCCC=CCC=CCC=CCCCC=O. The lowest BCUT2D eigenvalue weighted by Gasteiger charge is -1.97. The van der Waals surface area contributed by atoms with Gasteiger partial charge in [-0.15, -0.1) is 0 Å². The molecule has 0 N–H and O–H groups in total. The van der Waals surface area contributed by atoms with Gasteiger partial charge in [0.25, 0.3) is 0 Å². The molecule has 0 bridgehead atoms. The van der Waals surface area contributed by atoms with Crippen LogP contribution in [-0.2, 0) is 4.79 Å². The van der Waals surface area contributed by atoms with Gasteiger partial charge in [0.2, 0.25) is 0 Å². The first-order valence-corrected chi connectivity index (χ1v) is 8.80. The Morgan fingerprint density at radius 3 is 1.71 bits per heavy atom. The van der Waals surface area contributed by atoms with E-state index in [1.807, 2.05) is 0 Å².